The van der Waals surface area contributed by atoms with Crippen molar-refractivity contribution in [2.45, 2.75) is 37.7 Å². The average molecular weight is 355 g/mol. The van der Waals surface area contributed by atoms with Gasteiger partial charge in [-0.05, 0) is 25.7 Å². The molecule has 27 heavy (non-hydrogen) atoms. The molecule has 3 aromatic carbocycles. The second-order valence-electron chi connectivity index (χ2n) is 7.09. The van der Waals surface area contributed by atoms with Crippen LogP contribution in [0.25, 0.3) is 0 Å². The lowest BCUT2D eigenvalue weighted by atomic mass is 9.80. The standard InChI is InChI=1S/C25H25NO/c1-5-13-21(14-6-1)25(22-15-7-2-8-16-22,23-17-9-3-10-18-23)27-26-24-19-11-4-12-20-24/h1-3,5-10,13-18H,4,11-12,19-20H2. The van der Waals surface area contributed by atoms with Gasteiger partial charge in [0.05, 0.1) is 5.71 Å². The molecule has 1 fully saturated rings. The molecule has 0 aliphatic heterocycles. The number of nitrogens with zero attached hydrogens (tertiary/aromatic N) is 1. The number of oxime groups is 1. The minimum Gasteiger partial charge on any atom is -0.375 e. The maximum atomic E-state index is 6.52. The molecular formula is C25H25NO. The first-order valence-corrected chi connectivity index (χ1v) is 9.80. The van der Waals surface area contributed by atoms with Crippen molar-refractivity contribution in [2.75, 3.05) is 0 Å². The minimum absolute atomic E-state index is 0.756. The molecule has 0 radical (unpaired) electrons. The molecule has 2 nitrogen and oxygen atoms in total. The normalized spacial score (nSPS) is 14.6. The van der Waals surface area contributed by atoms with Gasteiger partial charge in [-0.2, -0.15) is 0 Å². The summed E-state index contributed by atoms with van der Waals surface area (Å²) in [5.41, 5.74) is 3.68. The van der Waals surface area contributed by atoms with Gasteiger partial charge < -0.3 is 4.84 Å². The van der Waals surface area contributed by atoms with E-state index in [9.17, 15) is 0 Å². The number of hydrogen-bond donors (Lipinski definition) is 0. The molecule has 1 aliphatic rings. The third-order valence-corrected chi connectivity index (χ3v) is 5.28. The van der Waals surface area contributed by atoms with Gasteiger partial charge in [-0.25, -0.2) is 0 Å². The number of hydrogen-bond acceptors (Lipinski definition) is 2. The van der Waals surface area contributed by atoms with Gasteiger partial charge in [-0.15, -0.1) is 0 Å². The molecular weight excluding hydrogens is 330 g/mol. The highest BCUT2D eigenvalue weighted by atomic mass is 16.6. The van der Waals surface area contributed by atoms with Crippen molar-refractivity contribution >= 4 is 5.71 Å². The van der Waals surface area contributed by atoms with Crippen molar-refractivity contribution in [1.29, 1.82) is 0 Å². The summed E-state index contributed by atoms with van der Waals surface area (Å²) >= 11 is 0. The van der Waals surface area contributed by atoms with E-state index in [1.165, 1.54) is 25.0 Å². The molecule has 0 atom stereocenters. The van der Waals surface area contributed by atoms with Gasteiger partial charge in [0.25, 0.3) is 0 Å². The molecule has 0 bridgehead atoms. The maximum absolute atomic E-state index is 6.52. The summed E-state index contributed by atoms with van der Waals surface area (Å²) in [6, 6.07) is 31.2. The van der Waals surface area contributed by atoms with Crippen LogP contribution in [0.5, 0.6) is 0 Å². The SMILES string of the molecule is c1ccc(C(ON=C2CCCCC2)(c2ccccc2)c2ccccc2)cc1. The second kappa shape index (κ2) is 8.22. The monoisotopic (exact) mass is 355 g/mol. The van der Waals surface area contributed by atoms with Crippen molar-refractivity contribution < 1.29 is 4.84 Å². The molecule has 0 amide bonds. The predicted molar refractivity (Wildman–Crippen MR) is 111 cm³/mol. The lowest BCUT2D eigenvalue weighted by Gasteiger charge is -2.33. The van der Waals surface area contributed by atoms with Crippen LogP contribution in [0.2, 0.25) is 0 Å². The van der Waals surface area contributed by atoms with E-state index in [1.54, 1.807) is 0 Å². The summed E-state index contributed by atoms with van der Waals surface area (Å²) < 4.78 is 0. The fraction of sp³-hybridized carbons (Fsp3) is 0.240. The summed E-state index contributed by atoms with van der Waals surface area (Å²) in [6.07, 6.45) is 5.78. The minimum atomic E-state index is -0.756. The third kappa shape index (κ3) is 3.66. The van der Waals surface area contributed by atoms with E-state index in [2.05, 4.69) is 72.8 Å². The summed E-state index contributed by atoms with van der Waals surface area (Å²) in [5, 5.41) is 4.70. The molecule has 0 heterocycles. The first-order chi connectivity index (χ1) is 13.4. The Morgan fingerprint density at radius 1 is 0.556 bits per heavy atom. The average Bonchev–Trinajstić information content (AvgIpc) is 2.77. The molecule has 0 saturated heterocycles. The molecule has 0 unspecified atom stereocenters. The molecule has 136 valence electrons. The number of rotatable bonds is 5. The molecule has 4 rings (SSSR count). The smallest absolute Gasteiger partial charge is 0.212 e. The van der Waals surface area contributed by atoms with E-state index in [-0.39, 0.29) is 0 Å². The zero-order valence-corrected chi connectivity index (χ0v) is 15.6. The van der Waals surface area contributed by atoms with Crippen LogP contribution in [0.4, 0.5) is 0 Å². The summed E-state index contributed by atoms with van der Waals surface area (Å²) in [5.74, 6) is 0. The van der Waals surface area contributed by atoms with E-state index >= 15 is 0 Å². The van der Waals surface area contributed by atoms with Crippen LogP contribution in [0, 0.1) is 0 Å². The molecule has 1 saturated carbocycles. The first-order valence-electron chi connectivity index (χ1n) is 9.80. The van der Waals surface area contributed by atoms with Crippen LogP contribution in [0.1, 0.15) is 48.8 Å². The van der Waals surface area contributed by atoms with Gasteiger partial charge in [0, 0.05) is 16.7 Å². The van der Waals surface area contributed by atoms with E-state index in [0.29, 0.717) is 0 Å². The molecule has 0 N–H and O–H groups in total. The van der Waals surface area contributed by atoms with Crippen molar-refractivity contribution in [2.24, 2.45) is 5.16 Å². The number of benzene rings is 3. The summed E-state index contributed by atoms with van der Waals surface area (Å²) in [6.45, 7) is 0. The Hall–Kier alpha value is -2.87. The topological polar surface area (TPSA) is 21.6 Å². The second-order valence-corrected chi connectivity index (χ2v) is 7.09. The van der Waals surface area contributed by atoms with Crippen molar-refractivity contribution in [3.05, 3.63) is 108 Å². The van der Waals surface area contributed by atoms with Crippen LogP contribution < -0.4 is 0 Å². The Kier molecular flexibility index (Phi) is 5.34. The van der Waals surface area contributed by atoms with Crippen LogP contribution in [0.3, 0.4) is 0 Å². The van der Waals surface area contributed by atoms with Crippen molar-refractivity contribution in [1.82, 2.24) is 0 Å². The molecule has 0 aromatic heterocycles. The fourth-order valence-corrected chi connectivity index (χ4v) is 3.86. The maximum Gasteiger partial charge on any atom is 0.212 e. The van der Waals surface area contributed by atoms with E-state index < -0.39 is 5.60 Å². The van der Waals surface area contributed by atoms with Crippen molar-refractivity contribution in [3.63, 3.8) is 0 Å². The van der Waals surface area contributed by atoms with E-state index in [0.717, 1.165) is 29.5 Å². The van der Waals surface area contributed by atoms with Gasteiger partial charge in [-0.3, -0.25) is 0 Å². The van der Waals surface area contributed by atoms with Crippen molar-refractivity contribution in [3.8, 4) is 0 Å². The molecule has 2 heteroatoms. The van der Waals surface area contributed by atoms with Gasteiger partial charge in [0.1, 0.15) is 0 Å². The van der Waals surface area contributed by atoms with E-state index in [4.69, 9.17) is 9.99 Å². The Balaban J connectivity index is 1.89. The highest BCUT2D eigenvalue weighted by molar-refractivity contribution is 5.84. The Morgan fingerprint density at radius 2 is 0.963 bits per heavy atom. The third-order valence-electron chi connectivity index (χ3n) is 5.28. The van der Waals surface area contributed by atoms with Gasteiger partial charge >= 0.3 is 0 Å². The quantitative estimate of drug-likeness (QED) is 0.388. The van der Waals surface area contributed by atoms with Crippen LogP contribution in [-0.2, 0) is 10.4 Å². The largest absolute Gasteiger partial charge is 0.375 e. The van der Waals surface area contributed by atoms with Gasteiger partial charge in [-0.1, -0.05) is 103 Å². The summed E-state index contributed by atoms with van der Waals surface area (Å²) in [7, 11) is 0. The molecule has 1 aliphatic carbocycles. The lowest BCUT2D eigenvalue weighted by molar-refractivity contribution is 0.0162. The Morgan fingerprint density at radius 3 is 1.37 bits per heavy atom. The fourth-order valence-electron chi connectivity index (χ4n) is 3.86. The predicted octanol–water partition coefficient (Wildman–Crippen LogP) is 6.32. The van der Waals surface area contributed by atoms with Crippen LogP contribution in [0.15, 0.2) is 96.2 Å². The highest BCUT2D eigenvalue weighted by Crippen LogP contribution is 2.40. The first kappa shape index (κ1) is 17.5. The Bertz CT molecular complexity index is 767. The zero-order chi connectivity index (χ0) is 18.4. The Labute approximate surface area is 161 Å². The molecule has 3 aromatic rings. The highest BCUT2D eigenvalue weighted by Gasteiger charge is 2.39. The summed E-state index contributed by atoms with van der Waals surface area (Å²) in [4.78, 5) is 6.52. The van der Waals surface area contributed by atoms with Gasteiger partial charge in [0.2, 0.25) is 5.60 Å². The molecule has 0 spiro atoms. The van der Waals surface area contributed by atoms with Crippen LogP contribution >= 0.6 is 0 Å². The zero-order valence-electron chi connectivity index (χ0n) is 15.6. The van der Waals surface area contributed by atoms with Crippen LogP contribution in [-0.4, -0.2) is 5.71 Å². The lowest BCUT2D eigenvalue weighted by Crippen LogP contribution is -2.31. The van der Waals surface area contributed by atoms with E-state index in [1.807, 2.05) is 18.2 Å². The van der Waals surface area contributed by atoms with Gasteiger partial charge in [0.15, 0.2) is 0 Å².